The van der Waals surface area contributed by atoms with Gasteiger partial charge in [-0.2, -0.15) is 0 Å². The van der Waals surface area contributed by atoms with Crippen LogP contribution in [-0.2, 0) is 0 Å². The molecule has 0 fully saturated rings. The zero-order valence-corrected chi connectivity index (χ0v) is 9.85. The summed E-state index contributed by atoms with van der Waals surface area (Å²) >= 11 is 7.56. The molecule has 2 rings (SSSR count). The molecule has 0 amide bonds. The first-order valence-corrected chi connectivity index (χ1v) is 5.93. The molecule has 3 nitrogen and oxygen atoms in total. The third-order valence-electron chi connectivity index (χ3n) is 2.25. The lowest BCUT2D eigenvalue weighted by molar-refractivity contribution is 0.329. The van der Waals surface area contributed by atoms with Crippen molar-refractivity contribution in [1.29, 1.82) is 0 Å². The van der Waals surface area contributed by atoms with E-state index in [0.29, 0.717) is 5.15 Å². The van der Waals surface area contributed by atoms with E-state index in [1.165, 1.54) is 0 Å². The van der Waals surface area contributed by atoms with Crippen LogP contribution in [0.3, 0.4) is 0 Å². The van der Waals surface area contributed by atoms with Crippen molar-refractivity contribution in [2.45, 2.75) is 13.3 Å². The van der Waals surface area contributed by atoms with E-state index in [-0.39, 0.29) is 6.61 Å². The Bertz CT molecular complexity index is 494. The van der Waals surface area contributed by atoms with Crippen LogP contribution in [0.15, 0.2) is 17.2 Å². The van der Waals surface area contributed by atoms with E-state index in [4.69, 9.17) is 16.7 Å². The molecule has 0 atom stereocenters. The summed E-state index contributed by atoms with van der Waals surface area (Å²) in [5.74, 6) is 0. The number of halogens is 1. The van der Waals surface area contributed by atoms with Crippen molar-refractivity contribution in [3.63, 3.8) is 0 Å². The van der Waals surface area contributed by atoms with Gasteiger partial charge in [-0.05, 0) is 18.1 Å². The molecular formula is C10H11ClN2OS. The lowest BCUT2D eigenvalue weighted by atomic mass is 10.2. The summed E-state index contributed by atoms with van der Waals surface area (Å²) in [6.07, 6.45) is 4.63. The maximum absolute atomic E-state index is 9.10. The highest BCUT2D eigenvalue weighted by molar-refractivity contribution is 7.15. The van der Waals surface area contributed by atoms with Gasteiger partial charge in [0.05, 0.1) is 12.3 Å². The van der Waals surface area contributed by atoms with Gasteiger partial charge in [0.1, 0.15) is 0 Å². The van der Waals surface area contributed by atoms with Gasteiger partial charge >= 0.3 is 0 Å². The summed E-state index contributed by atoms with van der Waals surface area (Å²) in [7, 11) is 0. The summed E-state index contributed by atoms with van der Waals surface area (Å²) in [6.45, 7) is 2.06. The van der Waals surface area contributed by atoms with Gasteiger partial charge in [0.2, 0.25) is 0 Å². The highest BCUT2D eigenvalue weighted by Gasteiger charge is 2.09. The minimum absolute atomic E-state index is 0.0597. The highest BCUT2D eigenvalue weighted by atomic mass is 35.5. The smallest absolute Gasteiger partial charge is 0.195 e. The molecule has 1 N–H and O–H groups in total. The largest absolute Gasteiger partial charge is 0.392 e. The molecule has 80 valence electrons. The van der Waals surface area contributed by atoms with Crippen LogP contribution in [0.5, 0.6) is 0 Å². The van der Waals surface area contributed by atoms with Gasteiger partial charge < -0.3 is 5.11 Å². The summed E-state index contributed by atoms with van der Waals surface area (Å²) in [4.78, 5) is 5.09. The van der Waals surface area contributed by atoms with Gasteiger partial charge in [-0.25, -0.2) is 4.98 Å². The Labute approximate surface area is 96.6 Å². The topological polar surface area (TPSA) is 37.5 Å². The molecule has 0 radical (unpaired) electrons. The predicted octanol–water partition coefficient (Wildman–Crippen LogP) is 2.83. The van der Waals surface area contributed by atoms with Crippen LogP contribution in [0.25, 0.3) is 11.0 Å². The Morgan fingerprint density at radius 3 is 3.20 bits per heavy atom. The van der Waals surface area contributed by atoms with Crippen LogP contribution >= 0.6 is 22.9 Å². The van der Waals surface area contributed by atoms with Crippen LogP contribution in [-0.4, -0.2) is 21.1 Å². The van der Waals surface area contributed by atoms with Crippen LogP contribution < -0.4 is 0 Å². The molecule has 0 saturated carbocycles. The highest BCUT2D eigenvalue weighted by Crippen LogP contribution is 2.23. The van der Waals surface area contributed by atoms with Gasteiger partial charge in [-0.15, -0.1) is 11.3 Å². The molecule has 0 unspecified atom stereocenters. The second-order valence-electron chi connectivity index (χ2n) is 3.16. The summed E-state index contributed by atoms with van der Waals surface area (Å²) < 4.78 is 1.93. The maximum atomic E-state index is 9.10. The summed E-state index contributed by atoms with van der Waals surface area (Å²) in [5, 5.41) is 11.5. The third-order valence-corrected chi connectivity index (χ3v) is 3.29. The van der Waals surface area contributed by atoms with Crippen molar-refractivity contribution < 1.29 is 5.11 Å². The molecule has 0 spiro atoms. The first-order valence-electron chi connectivity index (χ1n) is 4.67. The third kappa shape index (κ3) is 1.93. The van der Waals surface area contributed by atoms with Gasteiger partial charge in [-0.1, -0.05) is 18.5 Å². The Kier molecular flexibility index (Phi) is 3.09. The fourth-order valence-corrected chi connectivity index (χ4v) is 2.36. The molecule has 0 aliphatic heterocycles. The van der Waals surface area contributed by atoms with Gasteiger partial charge in [-0.3, -0.25) is 4.40 Å². The number of aromatic nitrogens is 2. The lowest BCUT2D eigenvalue weighted by Crippen LogP contribution is -1.90. The Morgan fingerprint density at radius 2 is 2.53 bits per heavy atom. The number of imidazole rings is 1. The standard InChI is InChI=1S/C10H11ClN2OS/c1-2-7(6-14)5-8-9(11)12-10-13(8)3-4-15-10/h3-5,14H,2,6H2,1H3. The Morgan fingerprint density at radius 1 is 1.73 bits per heavy atom. The van der Waals surface area contributed by atoms with E-state index in [0.717, 1.165) is 22.6 Å². The normalized spacial score (nSPS) is 12.6. The molecule has 5 heteroatoms. The number of fused-ring (bicyclic) bond motifs is 1. The average molecular weight is 243 g/mol. The Balaban J connectivity index is 2.54. The number of aliphatic hydroxyl groups excluding tert-OH is 1. The second-order valence-corrected chi connectivity index (χ2v) is 4.39. The number of hydrogen-bond donors (Lipinski definition) is 1. The van der Waals surface area contributed by atoms with E-state index in [1.807, 2.05) is 29.0 Å². The van der Waals surface area contributed by atoms with Gasteiger partial charge in [0.15, 0.2) is 10.1 Å². The van der Waals surface area contributed by atoms with Crippen LogP contribution in [0, 0.1) is 0 Å². The minimum atomic E-state index is 0.0597. The Hall–Kier alpha value is -0.840. The van der Waals surface area contributed by atoms with E-state index in [2.05, 4.69) is 4.98 Å². The van der Waals surface area contributed by atoms with Crippen molar-refractivity contribution in [3.05, 3.63) is 28.0 Å². The van der Waals surface area contributed by atoms with Gasteiger partial charge in [0, 0.05) is 11.6 Å². The number of hydrogen-bond acceptors (Lipinski definition) is 3. The van der Waals surface area contributed by atoms with Crippen molar-refractivity contribution in [1.82, 2.24) is 9.38 Å². The van der Waals surface area contributed by atoms with E-state index in [9.17, 15) is 0 Å². The first kappa shape index (κ1) is 10.7. The molecule has 0 bridgehead atoms. The van der Waals surface area contributed by atoms with Crippen molar-refractivity contribution in [2.75, 3.05) is 6.61 Å². The number of nitrogens with zero attached hydrogens (tertiary/aromatic N) is 2. The molecule has 2 aromatic heterocycles. The van der Waals surface area contributed by atoms with Crippen molar-refractivity contribution >= 4 is 34.0 Å². The maximum Gasteiger partial charge on any atom is 0.195 e. The monoisotopic (exact) mass is 242 g/mol. The molecular weight excluding hydrogens is 232 g/mol. The van der Waals surface area contributed by atoms with Crippen LogP contribution in [0.2, 0.25) is 5.15 Å². The molecule has 2 heterocycles. The zero-order chi connectivity index (χ0) is 10.8. The fourth-order valence-electron chi connectivity index (χ4n) is 1.36. The quantitative estimate of drug-likeness (QED) is 0.899. The minimum Gasteiger partial charge on any atom is -0.392 e. The summed E-state index contributed by atoms with van der Waals surface area (Å²) in [6, 6.07) is 0. The van der Waals surface area contributed by atoms with E-state index in [1.54, 1.807) is 11.3 Å². The number of thiazole rings is 1. The molecule has 0 saturated heterocycles. The van der Waals surface area contributed by atoms with Crippen molar-refractivity contribution in [2.24, 2.45) is 0 Å². The van der Waals surface area contributed by atoms with Gasteiger partial charge in [0.25, 0.3) is 0 Å². The average Bonchev–Trinajstić information content (AvgIpc) is 2.77. The lowest BCUT2D eigenvalue weighted by Gasteiger charge is -1.99. The second kappa shape index (κ2) is 4.35. The first-order chi connectivity index (χ1) is 7.26. The molecule has 2 aromatic rings. The van der Waals surface area contributed by atoms with Crippen LogP contribution in [0.4, 0.5) is 0 Å². The predicted molar refractivity (Wildman–Crippen MR) is 63.4 cm³/mol. The zero-order valence-electron chi connectivity index (χ0n) is 8.27. The van der Waals surface area contributed by atoms with Crippen LogP contribution in [0.1, 0.15) is 19.0 Å². The number of aliphatic hydroxyl groups is 1. The fraction of sp³-hybridized carbons (Fsp3) is 0.300. The molecule has 15 heavy (non-hydrogen) atoms. The van der Waals surface area contributed by atoms with E-state index < -0.39 is 0 Å². The summed E-state index contributed by atoms with van der Waals surface area (Å²) in [5.41, 5.74) is 1.80. The van der Waals surface area contributed by atoms with Crippen molar-refractivity contribution in [3.8, 4) is 0 Å². The number of rotatable bonds is 3. The SMILES string of the molecule is CCC(=Cc1c(Cl)nc2sccn12)CO. The molecule has 0 aliphatic rings. The van der Waals surface area contributed by atoms with E-state index >= 15 is 0 Å². The molecule has 0 aliphatic carbocycles. The molecule has 0 aromatic carbocycles.